The molecule has 2 nitrogen and oxygen atoms in total. The zero-order valence-electron chi connectivity index (χ0n) is 8.60. The van der Waals surface area contributed by atoms with Crippen LogP contribution in [0.25, 0.3) is 0 Å². The maximum atomic E-state index is 12.9. The van der Waals surface area contributed by atoms with Gasteiger partial charge < -0.3 is 10.1 Å². The van der Waals surface area contributed by atoms with Crippen LogP contribution in [0.5, 0.6) is 0 Å². The zero-order valence-corrected chi connectivity index (χ0v) is 10.1. The van der Waals surface area contributed by atoms with Crippen molar-refractivity contribution in [2.75, 3.05) is 18.5 Å². The highest BCUT2D eigenvalue weighted by molar-refractivity contribution is 6.39. The molecule has 1 unspecified atom stereocenters. The van der Waals surface area contributed by atoms with Gasteiger partial charge in [-0.2, -0.15) is 0 Å². The normalized spacial score (nSPS) is 20.1. The molecule has 0 saturated carbocycles. The highest BCUT2D eigenvalue weighted by Crippen LogP contribution is 2.31. The molecule has 0 bridgehead atoms. The van der Waals surface area contributed by atoms with Crippen LogP contribution in [0, 0.1) is 5.82 Å². The van der Waals surface area contributed by atoms with Crippen LogP contribution < -0.4 is 5.32 Å². The minimum Gasteiger partial charge on any atom is -0.380 e. The van der Waals surface area contributed by atoms with Crippen LogP contribution in [0.3, 0.4) is 0 Å². The number of hydrogen-bond donors (Lipinski definition) is 1. The van der Waals surface area contributed by atoms with E-state index in [9.17, 15) is 4.39 Å². The molecule has 1 aliphatic heterocycles. The van der Waals surface area contributed by atoms with Gasteiger partial charge in [-0.3, -0.25) is 0 Å². The Morgan fingerprint density at radius 1 is 1.38 bits per heavy atom. The van der Waals surface area contributed by atoms with E-state index < -0.39 is 5.82 Å². The van der Waals surface area contributed by atoms with E-state index in [1.54, 1.807) is 0 Å². The van der Waals surface area contributed by atoms with E-state index in [0.29, 0.717) is 22.3 Å². The van der Waals surface area contributed by atoms with E-state index >= 15 is 0 Å². The summed E-state index contributed by atoms with van der Waals surface area (Å²) in [5.74, 6) is -0.433. The van der Waals surface area contributed by atoms with E-state index in [1.807, 2.05) is 0 Å². The number of nitrogens with one attached hydrogen (secondary N) is 1. The van der Waals surface area contributed by atoms with Gasteiger partial charge in [0.15, 0.2) is 0 Å². The van der Waals surface area contributed by atoms with E-state index in [2.05, 4.69) is 5.32 Å². The van der Waals surface area contributed by atoms with E-state index in [-0.39, 0.29) is 6.10 Å². The first-order valence-electron chi connectivity index (χ1n) is 5.17. The fraction of sp³-hybridized carbons (Fsp3) is 0.455. The van der Waals surface area contributed by atoms with Crippen molar-refractivity contribution >= 4 is 28.9 Å². The number of rotatable bonds is 3. The summed E-state index contributed by atoms with van der Waals surface area (Å²) < 4.78 is 18.4. The molecular weight excluding hydrogens is 252 g/mol. The van der Waals surface area contributed by atoms with Crippen LogP contribution in [0.4, 0.5) is 10.1 Å². The van der Waals surface area contributed by atoms with Crippen molar-refractivity contribution < 1.29 is 9.13 Å². The molecule has 0 aliphatic carbocycles. The molecule has 1 atom stereocenters. The third-order valence-corrected chi connectivity index (χ3v) is 3.13. The first kappa shape index (κ1) is 12.0. The third kappa shape index (κ3) is 2.78. The van der Waals surface area contributed by atoms with Gasteiger partial charge >= 0.3 is 0 Å². The molecule has 1 saturated heterocycles. The average Bonchev–Trinajstić information content (AvgIpc) is 2.68. The van der Waals surface area contributed by atoms with Gasteiger partial charge in [0, 0.05) is 13.2 Å². The van der Waals surface area contributed by atoms with Crippen LogP contribution in [0.2, 0.25) is 10.0 Å². The summed E-state index contributed by atoms with van der Waals surface area (Å²) in [4.78, 5) is 0. The Labute approximate surface area is 104 Å². The van der Waals surface area contributed by atoms with Crippen molar-refractivity contribution in [1.82, 2.24) is 0 Å². The Morgan fingerprint density at radius 2 is 2.06 bits per heavy atom. The monoisotopic (exact) mass is 263 g/mol. The van der Waals surface area contributed by atoms with Gasteiger partial charge in [-0.1, -0.05) is 23.2 Å². The summed E-state index contributed by atoms with van der Waals surface area (Å²) in [5.41, 5.74) is 0.570. The lowest BCUT2D eigenvalue weighted by Gasteiger charge is -2.14. The quantitative estimate of drug-likeness (QED) is 0.898. The van der Waals surface area contributed by atoms with Crippen LogP contribution in [0.15, 0.2) is 12.1 Å². The van der Waals surface area contributed by atoms with Crippen LogP contribution >= 0.6 is 23.2 Å². The lowest BCUT2D eigenvalue weighted by atomic mass is 10.2. The number of halogens is 3. The molecule has 2 rings (SSSR count). The van der Waals surface area contributed by atoms with Gasteiger partial charge in [-0.05, 0) is 25.0 Å². The smallest absolute Gasteiger partial charge is 0.126 e. The van der Waals surface area contributed by atoms with Crippen molar-refractivity contribution in [2.24, 2.45) is 0 Å². The molecule has 5 heteroatoms. The van der Waals surface area contributed by atoms with E-state index in [0.717, 1.165) is 19.4 Å². The van der Waals surface area contributed by atoms with Crippen molar-refractivity contribution in [3.8, 4) is 0 Å². The molecule has 0 aromatic heterocycles. The second-order valence-electron chi connectivity index (χ2n) is 3.76. The Balaban J connectivity index is 2.03. The molecule has 1 fully saturated rings. The van der Waals surface area contributed by atoms with Crippen molar-refractivity contribution in [3.63, 3.8) is 0 Å². The summed E-state index contributed by atoms with van der Waals surface area (Å²) in [5, 5.41) is 3.68. The fourth-order valence-electron chi connectivity index (χ4n) is 1.73. The molecule has 88 valence electrons. The average molecular weight is 264 g/mol. The largest absolute Gasteiger partial charge is 0.380 e. The Bertz CT molecular complexity index is 357. The van der Waals surface area contributed by atoms with Gasteiger partial charge in [0.25, 0.3) is 0 Å². The van der Waals surface area contributed by atoms with Gasteiger partial charge in [-0.25, -0.2) is 4.39 Å². The molecule has 1 aromatic rings. The van der Waals surface area contributed by atoms with Gasteiger partial charge in [0.1, 0.15) is 5.82 Å². The second-order valence-corrected chi connectivity index (χ2v) is 4.57. The molecule has 0 spiro atoms. The molecule has 1 aromatic carbocycles. The predicted molar refractivity (Wildman–Crippen MR) is 63.9 cm³/mol. The summed E-state index contributed by atoms with van der Waals surface area (Å²) in [6, 6.07) is 2.48. The molecule has 1 aliphatic rings. The number of hydrogen-bond acceptors (Lipinski definition) is 2. The molecule has 1 heterocycles. The molecule has 1 N–H and O–H groups in total. The highest BCUT2D eigenvalue weighted by Gasteiger charge is 2.16. The van der Waals surface area contributed by atoms with E-state index in [1.165, 1.54) is 12.1 Å². The van der Waals surface area contributed by atoms with Gasteiger partial charge in [0.05, 0.1) is 21.8 Å². The highest BCUT2D eigenvalue weighted by atomic mass is 35.5. The Hall–Kier alpha value is -0.510. The first-order chi connectivity index (χ1) is 7.66. The maximum Gasteiger partial charge on any atom is 0.126 e. The zero-order chi connectivity index (χ0) is 11.5. The summed E-state index contributed by atoms with van der Waals surface area (Å²) in [6.45, 7) is 1.45. The summed E-state index contributed by atoms with van der Waals surface area (Å²) in [7, 11) is 0. The number of anilines is 1. The van der Waals surface area contributed by atoms with Crippen molar-refractivity contribution in [1.29, 1.82) is 0 Å². The number of benzene rings is 1. The lowest BCUT2D eigenvalue weighted by molar-refractivity contribution is 0.120. The molecule has 0 amide bonds. The van der Waals surface area contributed by atoms with Crippen LogP contribution in [0.1, 0.15) is 12.8 Å². The standard InChI is InChI=1S/C11H12Cl2FNO/c12-9-4-7(14)5-10(13)11(9)15-6-8-2-1-3-16-8/h4-5,8,15H,1-3,6H2. The minimum atomic E-state index is -0.433. The number of ether oxygens (including phenoxy) is 1. The van der Waals surface area contributed by atoms with Gasteiger partial charge in [-0.15, -0.1) is 0 Å². The van der Waals surface area contributed by atoms with Gasteiger partial charge in [0.2, 0.25) is 0 Å². The van der Waals surface area contributed by atoms with Crippen molar-refractivity contribution in [2.45, 2.75) is 18.9 Å². The molecule has 0 radical (unpaired) electrons. The minimum absolute atomic E-state index is 0.192. The Morgan fingerprint density at radius 3 is 2.62 bits per heavy atom. The maximum absolute atomic E-state index is 12.9. The topological polar surface area (TPSA) is 21.3 Å². The summed E-state index contributed by atoms with van der Waals surface area (Å²) >= 11 is 11.8. The second kappa shape index (κ2) is 5.21. The fourth-order valence-corrected chi connectivity index (χ4v) is 2.33. The summed E-state index contributed by atoms with van der Waals surface area (Å²) in [6.07, 6.45) is 2.30. The molecular formula is C11H12Cl2FNO. The predicted octanol–water partition coefficient (Wildman–Crippen LogP) is 3.72. The molecule has 16 heavy (non-hydrogen) atoms. The Kier molecular flexibility index (Phi) is 3.90. The van der Waals surface area contributed by atoms with Crippen LogP contribution in [-0.4, -0.2) is 19.3 Å². The van der Waals surface area contributed by atoms with E-state index in [4.69, 9.17) is 27.9 Å². The van der Waals surface area contributed by atoms with Crippen LogP contribution in [-0.2, 0) is 4.74 Å². The van der Waals surface area contributed by atoms with Crippen molar-refractivity contribution in [3.05, 3.63) is 28.0 Å². The lowest BCUT2D eigenvalue weighted by Crippen LogP contribution is -2.18. The first-order valence-corrected chi connectivity index (χ1v) is 5.92. The third-order valence-electron chi connectivity index (χ3n) is 2.54. The SMILES string of the molecule is Fc1cc(Cl)c(NCC2CCCO2)c(Cl)c1.